The maximum absolute atomic E-state index is 12.1. The van der Waals surface area contributed by atoms with E-state index in [1.54, 1.807) is 0 Å². The number of halogens is 1. The van der Waals surface area contributed by atoms with Gasteiger partial charge in [0.2, 0.25) is 0 Å². The lowest BCUT2D eigenvalue weighted by Gasteiger charge is -2.11. The van der Waals surface area contributed by atoms with Gasteiger partial charge in [-0.2, -0.15) is 0 Å². The van der Waals surface area contributed by atoms with Crippen LogP contribution in [0.1, 0.15) is 110 Å². The summed E-state index contributed by atoms with van der Waals surface area (Å²) in [7, 11) is 1.41. The molecule has 2 aromatic rings. The van der Waals surface area contributed by atoms with Gasteiger partial charge >= 0.3 is 11.9 Å². The summed E-state index contributed by atoms with van der Waals surface area (Å²) in [5.74, 6) is 0.826. The van der Waals surface area contributed by atoms with Crippen molar-refractivity contribution in [3.05, 3.63) is 87.5 Å². The molecule has 0 aliphatic carbocycles. The Morgan fingerprint density at radius 3 is 2.18 bits per heavy atom. The van der Waals surface area contributed by atoms with E-state index in [2.05, 4.69) is 24.8 Å². The molecule has 0 fully saturated rings. The van der Waals surface area contributed by atoms with Crippen molar-refractivity contribution in [3.8, 4) is 17.2 Å². The fourth-order valence-corrected chi connectivity index (χ4v) is 4.02. The fraction of sp³-hybridized carbons (Fsp3) is 0.538. The van der Waals surface area contributed by atoms with Gasteiger partial charge in [-0.3, -0.25) is 4.79 Å². The summed E-state index contributed by atoms with van der Waals surface area (Å²) < 4.78 is 21.0. The van der Waals surface area contributed by atoms with Crippen LogP contribution in [0.15, 0.2) is 66.8 Å². The summed E-state index contributed by atoms with van der Waals surface area (Å²) in [4.78, 5) is 38.1. The minimum atomic E-state index is -0.866. The number of rotatable bonds is 20. The summed E-state index contributed by atoms with van der Waals surface area (Å²) in [6.45, 7) is 14.7. The van der Waals surface area contributed by atoms with E-state index < -0.39 is 11.1 Å². The van der Waals surface area contributed by atoms with Crippen LogP contribution in [-0.4, -0.2) is 55.2 Å². The predicted molar refractivity (Wildman–Crippen MR) is 203 cm³/mol. The number of nitrogens with zero attached hydrogens (tertiary/aromatic N) is 1. The van der Waals surface area contributed by atoms with E-state index in [1.165, 1.54) is 31.7 Å². The molecule has 2 atom stereocenters. The second-order valence-corrected chi connectivity index (χ2v) is 11.3. The lowest BCUT2D eigenvalue weighted by Crippen LogP contribution is -2.11. The van der Waals surface area contributed by atoms with Gasteiger partial charge in [-0.05, 0) is 102 Å². The zero-order chi connectivity index (χ0) is 38.9. The van der Waals surface area contributed by atoms with Crippen molar-refractivity contribution in [2.45, 2.75) is 106 Å². The Hall–Kier alpha value is -4.09. The Labute approximate surface area is 310 Å². The van der Waals surface area contributed by atoms with Crippen molar-refractivity contribution in [1.29, 1.82) is 0 Å². The Kier molecular flexibility index (Phi) is 31.8. The van der Waals surface area contributed by atoms with Crippen molar-refractivity contribution in [2.24, 2.45) is 5.92 Å². The maximum Gasteiger partial charge on any atom is 0.338 e. The number of hydrogen-bond acceptors (Lipinski definition) is 10. The Bertz CT molecular complexity index is 1270. The average molecular weight is 738 g/mol. The van der Waals surface area contributed by atoms with Crippen LogP contribution in [0.3, 0.4) is 0 Å². The van der Waals surface area contributed by atoms with E-state index in [9.17, 15) is 19.7 Å². The summed E-state index contributed by atoms with van der Waals surface area (Å²) in [6, 6.07) is 11.8. The van der Waals surface area contributed by atoms with Gasteiger partial charge in [0.05, 0.1) is 38.6 Å². The molecule has 0 heterocycles. The number of esters is 2. The standard InChI is InChI=1S/C19H25NO8.C11H13ClO.C7H16O.C2H6/c1-3-4-5-6-9-18(21)28-16-11-10-15(14-17(16)25-2)19(22)26-12-7-8-13-27-20(23)24;1-2-3-4-8-13-11-7-5-6-10(12)9-11;1-4-5-6(2)7(3)8;1-2/h3-4,10-11,14H,5-9,12-13H2,1-2H3;2-3,5-7,9H,4,8H2,1H3;6-8H,4-5H2,1-3H3;1-2H3/b4-3-;3-2+;;. The third-order valence-corrected chi connectivity index (χ3v) is 6.97. The second kappa shape index (κ2) is 33.1. The highest BCUT2D eigenvalue weighted by atomic mass is 35.5. The first kappa shape index (κ1) is 49.0. The first-order valence-electron chi connectivity index (χ1n) is 17.6. The number of benzene rings is 2. The number of ether oxygens (including phenoxy) is 4. The molecule has 0 amide bonds. The van der Waals surface area contributed by atoms with Crippen LogP contribution in [0.2, 0.25) is 5.02 Å². The van der Waals surface area contributed by atoms with Crippen LogP contribution in [0.25, 0.3) is 0 Å². The van der Waals surface area contributed by atoms with Gasteiger partial charge in [0, 0.05) is 11.4 Å². The molecular weight excluding hydrogens is 678 g/mol. The second-order valence-electron chi connectivity index (χ2n) is 10.9. The van der Waals surface area contributed by atoms with Gasteiger partial charge in [0.15, 0.2) is 11.5 Å². The monoisotopic (exact) mass is 737 g/mol. The van der Waals surface area contributed by atoms with Crippen LogP contribution < -0.4 is 14.2 Å². The summed E-state index contributed by atoms with van der Waals surface area (Å²) >= 11 is 5.79. The van der Waals surface area contributed by atoms with Crippen molar-refractivity contribution in [3.63, 3.8) is 0 Å². The molecule has 2 unspecified atom stereocenters. The highest BCUT2D eigenvalue weighted by Crippen LogP contribution is 2.29. The number of allylic oxidation sites excluding steroid dienone is 3. The van der Waals surface area contributed by atoms with Crippen LogP contribution in [0, 0.1) is 16.0 Å². The van der Waals surface area contributed by atoms with E-state index in [0.29, 0.717) is 36.8 Å². The number of carbonyl (C=O) groups is 2. The molecule has 11 nitrogen and oxygen atoms in total. The van der Waals surface area contributed by atoms with Crippen LogP contribution >= 0.6 is 11.6 Å². The zero-order valence-corrected chi connectivity index (χ0v) is 32.5. The number of aliphatic hydroxyl groups excluding tert-OH is 1. The largest absolute Gasteiger partial charge is 0.493 e. The molecule has 0 bridgehead atoms. The molecule has 0 saturated heterocycles. The van der Waals surface area contributed by atoms with Gasteiger partial charge in [-0.25, -0.2) is 4.79 Å². The molecule has 2 aromatic carbocycles. The number of methoxy groups -OCH3 is 1. The fourth-order valence-electron chi connectivity index (χ4n) is 3.84. The first-order chi connectivity index (χ1) is 24.5. The highest BCUT2D eigenvalue weighted by Gasteiger charge is 2.15. The first-order valence-corrected chi connectivity index (χ1v) is 18.0. The molecule has 288 valence electrons. The van der Waals surface area contributed by atoms with Gasteiger partial charge in [0.1, 0.15) is 5.75 Å². The SMILES string of the molecule is C/C=C/CCOc1cccc(Cl)c1.C/C=C\CCCC(=O)Oc1ccc(C(=O)OCCCCO[N+](=O)[O-])cc1OC.CC.CCCC(C)C(C)O. The Balaban J connectivity index is 0. The Morgan fingerprint density at radius 2 is 1.61 bits per heavy atom. The van der Waals surface area contributed by atoms with Crippen LogP contribution in [0.4, 0.5) is 0 Å². The van der Waals surface area contributed by atoms with Crippen molar-refractivity contribution >= 4 is 23.5 Å². The zero-order valence-electron chi connectivity index (χ0n) is 31.7. The molecule has 12 heteroatoms. The van der Waals surface area contributed by atoms with Gasteiger partial charge in [-0.15, -0.1) is 10.1 Å². The van der Waals surface area contributed by atoms with E-state index in [1.807, 2.05) is 77.1 Å². The third-order valence-electron chi connectivity index (χ3n) is 6.73. The molecule has 0 spiro atoms. The molecule has 51 heavy (non-hydrogen) atoms. The molecule has 0 saturated carbocycles. The smallest absolute Gasteiger partial charge is 0.338 e. The number of hydrogen-bond donors (Lipinski definition) is 1. The number of unbranched alkanes of at least 4 members (excludes halogenated alkanes) is 2. The quantitative estimate of drug-likeness (QED) is 0.0348. The van der Waals surface area contributed by atoms with Crippen molar-refractivity contribution in [2.75, 3.05) is 26.9 Å². The topological polar surface area (TPSA) is 144 Å². The average Bonchev–Trinajstić information content (AvgIpc) is 3.11. The van der Waals surface area contributed by atoms with Crippen molar-refractivity contribution in [1.82, 2.24) is 0 Å². The van der Waals surface area contributed by atoms with Gasteiger partial charge in [0.25, 0.3) is 5.09 Å². The van der Waals surface area contributed by atoms with Gasteiger partial charge < -0.3 is 28.9 Å². The van der Waals surface area contributed by atoms with E-state index in [0.717, 1.165) is 25.0 Å². The van der Waals surface area contributed by atoms with E-state index >= 15 is 0 Å². The van der Waals surface area contributed by atoms with Crippen LogP contribution in [-0.2, 0) is 14.4 Å². The summed E-state index contributed by atoms with van der Waals surface area (Å²) in [5.41, 5.74) is 0.242. The predicted octanol–water partition coefficient (Wildman–Crippen LogP) is 10.0. The minimum absolute atomic E-state index is 0.0484. The third kappa shape index (κ3) is 27.3. The molecule has 0 radical (unpaired) electrons. The number of carbonyl (C=O) groups excluding carboxylic acids is 2. The molecule has 2 rings (SSSR count). The lowest BCUT2D eigenvalue weighted by atomic mass is 10.0. The van der Waals surface area contributed by atoms with E-state index in [-0.39, 0.29) is 48.8 Å². The summed E-state index contributed by atoms with van der Waals surface area (Å²) in [6.07, 6.45) is 13.7. The number of aliphatic hydroxyl groups is 1. The van der Waals surface area contributed by atoms with Crippen LogP contribution in [0.5, 0.6) is 17.2 Å². The molecule has 0 aromatic heterocycles. The van der Waals surface area contributed by atoms with E-state index in [4.69, 9.17) is 35.7 Å². The minimum Gasteiger partial charge on any atom is -0.493 e. The normalized spacial score (nSPS) is 11.4. The lowest BCUT2D eigenvalue weighted by molar-refractivity contribution is -0.757. The van der Waals surface area contributed by atoms with Gasteiger partial charge in [-0.1, -0.05) is 76.1 Å². The maximum atomic E-state index is 12.1. The Morgan fingerprint density at radius 1 is 0.941 bits per heavy atom. The highest BCUT2D eigenvalue weighted by molar-refractivity contribution is 6.30. The molecular formula is C39H60ClNO10. The molecule has 0 aliphatic heterocycles. The molecule has 0 aliphatic rings. The summed E-state index contributed by atoms with van der Waals surface area (Å²) in [5, 5.41) is 18.8. The molecule has 1 N–H and O–H groups in total. The van der Waals surface area contributed by atoms with Crippen molar-refractivity contribution < 1.29 is 43.6 Å².